The lowest BCUT2D eigenvalue weighted by atomic mass is 10.0. The van der Waals surface area contributed by atoms with Gasteiger partial charge >= 0.3 is 0 Å². The van der Waals surface area contributed by atoms with Crippen molar-refractivity contribution in [1.29, 1.82) is 0 Å². The second-order valence-electron chi connectivity index (χ2n) is 4.83. The molecule has 2 unspecified atom stereocenters. The van der Waals surface area contributed by atoms with E-state index in [4.69, 9.17) is 0 Å². The molecule has 1 aliphatic heterocycles. The van der Waals surface area contributed by atoms with Gasteiger partial charge in [0.05, 0.1) is 5.60 Å². The van der Waals surface area contributed by atoms with Crippen LogP contribution < -0.4 is 5.32 Å². The molecule has 0 aromatic heterocycles. The van der Waals surface area contributed by atoms with E-state index >= 15 is 0 Å². The molecule has 1 aromatic rings. The number of hydrogen-bond donors (Lipinski definition) is 2. The van der Waals surface area contributed by atoms with Crippen molar-refractivity contribution in [3.05, 3.63) is 35.9 Å². The lowest BCUT2D eigenvalue weighted by molar-refractivity contribution is 0.0653. The predicted molar refractivity (Wildman–Crippen MR) is 82.5 cm³/mol. The predicted octanol–water partition coefficient (Wildman–Crippen LogP) is 2.55. The van der Waals surface area contributed by atoms with E-state index in [9.17, 15) is 5.11 Å². The monoisotopic (exact) mass is 283 g/mol. The molecule has 2 nitrogen and oxygen atoms in total. The van der Waals surface area contributed by atoms with Gasteiger partial charge in [0.2, 0.25) is 0 Å². The lowest BCUT2D eigenvalue weighted by Crippen LogP contribution is -2.42. The third kappa shape index (κ3) is 3.92. The van der Waals surface area contributed by atoms with Crippen LogP contribution >= 0.6 is 23.5 Å². The molecule has 0 saturated carbocycles. The average Bonchev–Trinajstić information content (AvgIpc) is 2.83. The van der Waals surface area contributed by atoms with Crippen LogP contribution in [-0.4, -0.2) is 40.8 Å². The van der Waals surface area contributed by atoms with Gasteiger partial charge in [-0.05, 0) is 24.0 Å². The number of nitrogens with one attached hydrogen (secondary N) is 1. The number of benzene rings is 1. The van der Waals surface area contributed by atoms with Gasteiger partial charge in [0.25, 0.3) is 0 Å². The molecule has 4 heteroatoms. The minimum atomic E-state index is -0.504. The van der Waals surface area contributed by atoms with E-state index < -0.39 is 5.60 Å². The molecule has 100 valence electrons. The molecule has 0 radical (unpaired) electrons. The highest BCUT2D eigenvalue weighted by atomic mass is 32.2. The van der Waals surface area contributed by atoms with Crippen LogP contribution in [0.2, 0.25) is 0 Å². The fraction of sp³-hybridized carbons (Fsp3) is 0.571. The molecule has 0 aliphatic carbocycles. The van der Waals surface area contributed by atoms with Crippen molar-refractivity contribution in [2.24, 2.45) is 0 Å². The molecule has 1 aliphatic rings. The van der Waals surface area contributed by atoms with Gasteiger partial charge in [0, 0.05) is 24.1 Å². The number of rotatable bonds is 6. The smallest absolute Gasteiger partial charge is 0.0869 e. The normalized spacial score (nSPS) is 25.2. The fourth-order valence-electron chi connectivity index (χ4n) is 2.17. The Bertz CT molecular complexity index is 352. The van der Waals surface area contributed by atoms with Crippen LogP contribution in [-0.2, 0) is 0 Å². The first-order chi connectivity index (χ1) is 8.73. The Kier molecular flexibility index (Phi) is 5.42. The molecule has 18 heavy (non-hydrogen) atoms. The van der Waals surface area contributed by atoms with Crippen LogP contribution in [0.5, 0.6) is 0 Å². The number of thioether (sulfide) groups is 2. The van der Waals surface area contributed by atoms with Crippen molar-refractivity contribution in [3.8, 4) is 0 Å². The highest BCUT2D eigenvalue weighted by molar-refractivity contribution is 7.99. The third-order valence-electron chi connectivity index (χ3n) is 3.30. The van der Waals surface area contributed by atoms with Gasteiger partial charge in [0.15, 0.2) is 0 Å². The molecule has 2 N–H and O–H groups in total. The summed E-state index contributed by atoms with van der Waals surface area (Å²) >= 11 is 3.68. The lowest BCUT2D eigenvalue weighted by Gasteiger charge is -2.26. The first-order valence-corrected chi connectivity index (χ1v) is 8.86. The molecule has 1 fully saturated rings. The van der Waals surface area contributed by atoms with Gasteiger partial charge in [0.1, 0.15) is 0 Å². The molecular formula is C14H21NOS2. The van der Waals surface area contributed by atoms with Crippen molar-refractivity contribution < 1.29 is 5.11 Å². The minimum Gasteiger partial charge on any atom is -0.388 e. The number of hydrogen-bond acceptors (Lipinski definition) is 4. The summed E-state index contributed by atoms with van der Waals surface area (Å²) in [5, 5.41) is 13.9. The summed E-state index contributed by atoms with van der Waals surface area (Å²) in [5.74, 6) is 2.98. The van der Waals surface area contributed by atoms with Gasteiger partial charge in [-0.1, -0.05) is 30.3 Å². The first kappa shape index (κ1) is 14.3. The maximum atomic E-state index is 10.4. The molecule has 0 spiro atoms. The maximum absolute atomic E-state index is 10.4. The summed E-state index contributed by atoms with van der Waals surface area (Å²) < 4.78 is 0. The second kappa shape index (κ2) is 6.85. The highest BCUT2D eigenvalue weighted by Gasteiger charge is 2.32. The molecule has 1 aromatic carbocycles. The highest BCUT2D eigenvalue weighted by Crippen LogP contribution is 2.28. The Labute approximate surface area is 118 Å². The van der Waals surface area contributed by atoms with Crippen molar-refractivity contribution >= 4 is 23.5 Å². The zero-order valence-electron chi connectivity index (χ0n) is 10.8. The number of aliphatic hydroxyl groups is 1. The van der Waals surface area contributed by atoms with Crippen molar-refractivity contribution in [2.45, 2.75) is 18.1 Å². The van der Waals surface area contributed by atoms with Gasteiger partial charge in [-0.25, -0.2) is 0 Å². The zero-order valence-corrected chi connectivity index (χ0v) is 12.4. The summed E-state index contributed by atoms with van der Waals surface area (Å²) in [6.45, 7) is 0.695. The summed E-state index contributed by atoms with van der Waals surface area (Å²) in [6, 6.07) is 10.8. The van der Waals surface area contributed by atoms with E-state index in [-0.39, 0.29) is 0 Å². The van der Waals surface area contributed by atoms with Gasteiger partial charge in [-0.2, -0.15) is 23.5 Å². The third-order valence-corrected chi connectivity index (χ3v) is 5.20. The van der Waals surface area contributed by atoms with Crippen LogP contribution in [0.1, 0.15) is 18.0 Å². The standard InChI is InChI=1S/C14H21NOS2/c1-17-9-13(12-5-3-2-4-6-12)15-10-14(16)7-8-18-11-14/h2-6,13,15-16H,7-11H2,1H3. The first-order valence-electron chi connectivity index (χ1n) is 6.31. The van der Waals surface area contributed by atoms with Crippen LogP contribution in [0.25, 0.3) is 0 Å². The molecule has 0 amide bonds. The van der Waals surface area contributed by atoms with Crippen LogP contribution in [0, 0.1) is 0 Å². The molecule has 0 bridgehead atoms. The summed E-state index contributed by atoms with van der Waals surface area (Å²) in [5.41, 5.74) is 0.803. The van der Waals surface area contributed by atoms with Crippen molar-refractivity contribution in [3.63, 3.8) is 0 Å². The molecule has 1 saturated heterocycles. The minimum absolute atomic E-state index is 0.329. The molecule has 2 atom stereocenters. The van der Waals surface area contributed by atoms with E-state index in [1.807, 2.05) is 29.6 Å². The Morgan fingerprint density at radius 3 is 2.83 bits per heavy atom. The van der Waals surface area contributed by atoms with E-state index in [1.54, 1.807) is 0 Å². The Hall–Kier alpha value is -0.160. The van der Waals surface area contributed by atoms with Crippen LogP contribution in [0.4, 0.5) is 0 Å². The van der Waals surface area contributed by atoms with E-state index in [2.05, 4.69) is 35.8 Å². The Morgan fingerprint density at radius 1 is 1.44 bits per heavy atom. The van der Waals surface area contributed by atoms with Crippen molar-refractivity contribution in [2.75, 3.05) is 30.1 Å². The van der Waals surface area contributed by atoms with Crippen LogP contribution in [0.15, 0.2) is 30.3 Å². The summed E-state index contributed by atoms with van der Waals surface area (Å²) in [4.78, 5) is 0. The quantitative estimate of drug-likeness (QED) is 0.840. The average molecular weight is 283 g/mol. The second-order valence-corrected chi connectivity index (χ2v) is 6.84. The summed E-state index contributed by atoms with van der Waals surface area (Å²) in [6.07, 6.45) is 3.03. The maximum Gasteiger partial charge on any atom is 0.0869 e. The Morgan fingerprint density at radius 2 is 2.22 bits per heavy atom. The van der Waals surface area contributed by atoms with Crippen LogP contribution in [0.3, 0.4) is 0 Å². The molecular weight excluding hydrogens is 262 g/mol. The van der Waals surface area contributed by atoms with E-state index in [0.717, 1.165) is 23.7 Å². The van der Waals surface area contributed by atoms with Crippen molar-refractivity contribution in [1.82, 2.24) is 5.32 Å². The summed E-state index contributed by atoms with van der Waals surface area (Å²) in [7, 11) is 0. The van der Waals surface area contributed by atoms with Gasteiger partial charge < -0.3 is 10.4 Å². The molecule has 1 heterocycles. The Balaban J connectivity index is 1.94. The van der Waals surface area contributed by atoms with Gasteiger partial charge in [-0.3, -0.25) is 0 Å². The molecule has 2 rings (SSSR count). The zero-order chi connectivity index (χ0) is 12.8. The van der Waals surface area contributed by atoms with Gasteiger partial charge in [-0.15, -0.1) is 0 Å². The SMILES string of the molecule is CSCC(NCC1(O)CCSC1)c1ccccc1. The van der Waals surface area contributed by atoms with E-state index in [1.165, 1.54) is 5.56 Å². The largest absolute Gasteiger partial charge is 0.388 e. The topological polar surface area (TPSA) is 32.3 Å². The van der Waals surface area contributed by atoms with E-state index in [0.29, 0.717) is 12.6 Å². The fourth-order valence-corrected chi connectivity index (χ4v) is 4.11.